The van der Waals surface area contributed by atoms with Crippen LogP contribution in [0.15, 0.2) is 35.7 Å². The van der Waals surface area contributed by atoms with E-state index in [4.69, 9.17) is 12.2 Å². The fourth-order valence-corrected chi connectivity index (χ4v) is 4.09. The molecule has 0 bridgehead atoms. The van der Waals surface area contributed by atoms with Crippen LogP contribution in [-0.2, 0) is 0 Å². The molecule has 8 heteroatoms. The highest BCUT2D eigenvalue weighted by Crippen LogP contribution is 2.35. The number of hydrogen-bond donors (Lipinski definition) is 1. The lowest BCUT2D eigenvalue weighted by Gasteiger charge is -1.96. The fourth-order valence-electron chi connectivity index (χ4n) is 2.08. The molecule has 3 rings (SSSR count). The Morgan fingerprint density at radius 3 is 2.61 bits per heavy atom. The molecule has 116 valence electrons. The molecule has 0 aliphatic carbocycles. The van der Waals surface area contributed by atoms with E-state index in [9.17, 15) is 15.2 Å². The van der Waals surface area contributed by atoms with Crippen LogP contribution < -0.4 is 0 Å². The summed E-state index contributed by atoms with van der Waals surface area (Å²) < 4.78 is 0. The number of nitro benzene ring substituents is 1. The van der Waals surface area contributed by atoms with E-state index in [2.05, 4.69) is 4.98 Å². The zero-order valence-electron chi connectivity index (χ0n) is 11.8. The molecular weight excluding hydrogens is 352 g/mol. The number of rotatable bonds is 4. The predicted octanol–water partition coefficient (Wildman–Crippen LogP) is 4.99. The van der Waals surface area contributed by atoms with Gasteiger partial charge in [-0.15, -0.1) is 22.7 Å². The van der Waals surface area contributed by atoms with Gasteiger partial charge in [-0.05, 0) is 37.3 Å². The van der Waals surface area contributed by atoms with E-state index in [0.717, 1.165) is 26.7 Å². The van der Waals surface area contributed by atoms with Gasteiger partial charge in [-0.2, -0.15) is 0 Å². The highest BCUT2D eigenvalue weighted by atomic mass is 32.1. The van der Waals surface area contributed by atoms with Crippen molar-refractivity contribution >= 4 is 45.6 Å². The molecule has 3 aromatic rings. The highest BCUT2D eigenvalue weighted by molar-refractivity contribution is 7.80. The smallest absolute Gasteiger partial charge is 0.269 e. The van der Waals surface area contributed by atoms with Crippen LogP contribution >= 0.6 is 34.9 Å². The van der Waals surface area contributed by atoms with Crippen molar-refractivity contribution < 1.29 is 10.0 Å². The summed E-state index contributed by atoms with van der Waals surface area (Å²) in [4.78, 5) is 16.5. The van der Waals surface area contributed by atoms with Gasteiger partial charge in [0.25, 0.3) is 5.69 Å². The average Bonchev–Trinajstić information content (AvgIpc) is 3.13. The van der Waals surface area contributed by atoms with Crippen molar-refractivity contribution in [3.05, 3.63) is 55.6 Å². The maximum atomic E-state index is 10.7. The summed E-state index contributed by atoms with van der Waals surface area (Å²) in [6, 6.07) is 8.14. The Morgan fingerprint density at radius 2 is 2.04 bits per heavy atom. The number of hydrogen-bond acceptors (Lipinski definition) is 6. The number of nitrogens with zero attached hydrogens (tertiary/aromatic N) is 2. The Balaban J connectivity index is 1.94. The molecule has 0 saturated carbocycles. The second-order valence-electron chi connectivity index (χ2n) is 4.73. The largest absolute Gasteiger partial charge is 0.498 e. The van der Waals surface area contributed by atoms with Crippen molar-refractivity contribution in [3.63, 3.8) is 0 Å². The second-order valence-corrected chi connectivity index (χ2v) is 7.23. The van der Waals surface area contributed by atoms with Gasteiger partial charge in [0.05, 0.1) is 15.5 Å². The lowest BCUT2D eigenvalue weighted by molar-refractivity contribution is -0.384. The maximum Gasteiger partial charge on any atom is 0.269 e. The van der Waals surface area contributed by atoms with Crippen molar-refractivity contribution in [1.82, 2.24) is 4.98 Å². The van der Waals surface area contributed by atoms with Gasteiger partial charge in [0, 0.05) is 33.5 Å². The maximum absolute atomic E-state index is 10.7. The number of thiocarbonyl (C=S) groups is 1. The van der Waals surface area contributed by atoms with E-state index >= 15 is 0 Å². The molecule has 0 unspecified atom stereocenters. The number of aliphatic hydroxyl groups excluding tert-OH is 1. The minimum Gasteiger partial charge on any atom is -0.498 e. The third kappa shape index (κ3) is 3.14. The van der Waals surface area contributed by atoms with Crippen molar-refractivity contribution in [1.29, 1.82) is 0 Å². The van der Waals surface area contributed by atoms with Crippen LogP contribution in [-0.4, -0.2) is 20.1 Å². The van der Waals surface area contributed by atoms with Gasteiger partial charge in [0.15, 0.2) is 5.05 Å². The zero-order chi connectivity index (χ0) is 16.6. The van der Waals surface area contributed by atoms with E-state index in [0.29, 0.717) is 4.88 Å². The number of aliphatic hydroxyl groups is 1. The Kier molecular flexibility index (Phi) is 4.20. The molecule has 5 nitrogen and oxygen atoms in total. The second kappa shape index (κ2) is 6.15. The van der Waals surface area contributed by atoms with Crippen LogP contribution in [0.1, 0.15) is 9.75 Å². The third-order valence-corrected chi connectivity index (χ3v) is 5.52. The number of aromatic nitrogens is 1. The first-order valence-electron chi connectivity index (χ1n) is 6.50. The Morgan fingerprint density at radius 1 is 1.35 bits per heavy atom. The Labute approximate surface area is 145 Å². The fraction of sp³-hybridized carbons (Fsp3) is 0.0667. The van der Waals surface area contributed by atoms with E-state index in [1.54, 1.807) is 12.1 Å². The van der Waals surface area contributed by atoms with Gasteiger partial charge in [-0.25, -0.2) is 4.98 Å². The quantitative estimate of drug-likeness (QED) is 0.402. The lowest BCUT2D eigenvalue weighted by atomic mass is 10.1. The van der Waals surface area contributed by atoms with Gasteiger partial charge in [0.2, 0.25) is 0 Å². The molecule has 0 aliphatic heterocycles. The van der Waals surface area contributed by atoms with Crippen LogP contribution in [0, 0.1) is 17.0 Å². The molecule has 1 N–H and O–H groups in total. The molecular formula is C15H10N2O3S3. The Bertz CT molecular complexity index is 897. The first-order valence-corrected chi connectivity index (χ1v) is 8.60. The van der Waals surface area contributed by atoms with E-state index in [1.807, 2.05) is 18.4 Å². The predicted molar refractivity (Wildman–Crippen MR) is 96.6 cm³/mol. The summed E-state index contributed by atoms with van der Waals surface area (Å²) in [5.41, 5.74) is 2.58. The standard InChI is InChI=1S/C15H10N2O3S3/c1-8-11(6-13(23-8)15(18)21)14-16-12(7-22-14)9-2-4-10(5-3-9)17(19)20/h2-7H,1H3,(H,18,21). The molecule has 0 amide bonds. The van der Waals surface area contributed by atoms with Crippen LogP contribution in [0.25, 0.3) is 21.8 Å². The summed E-state index contributed by atoms with van der Waals surface area (Å²) in [5, 5.41) is 22.7. The molecule has 0 aliphatic rings. The third-order valence-electron chi connectivity index (χ3n) is 3.24. The molecule has 0 spiro atoms. The summed E-state index contributed by atoms with van der Waals surface area (Å²) in [7, 11) is 0. The SMILES string of the molecule is Cc1sc(C(O)=S)cc1-c1nc(-c2ccc([N+](=O)[O-])cc2)cs1. The number of thiazole rings is 1. The van der Waals surface area contributed by atoms with E-state index in [1.165, 1.54) is 34.8 Å². The van der Waals surface area contributed by atoms with Gasteiger partial charge in [-0.3, -0.25) is 10.1 Å². The van der Waals surface area contributed by atoms with Crippen molar-refractivity contribution in [2.45, 2.75) is 6.92 Å². The van der Waals surface area contributed by atoms with Crippen LogP contribution in [0.4, 0.5) is 5.69 Å². The van der Waals surface area contributed by atoms with Crippen LogP contribution in [0.2, 0.25) is 0 Å². The van der Waals surface area contributed by atoms with Gasteiger partial charge in [-0.1, -0.05) is 0 Å². The van der Waals surface area contributed by atoms with Crippen molar-refractivity contribution in [2.75, 3.05) is 0 Å². The van der Waals surface area contributed by atoms with Crippen molar-refractivity contribution in [2.24, 2.45) is 0 Å². The van der Waals surface area contributed by atoms with Crippen molar-refractivity contribution in [3.8, 4) is 21.8 Å². The number of benzene rings is 1. The molecule has 1 aromatic carbocycles. The Hall–Kier alpha value is -2.16. The van der Waals surface area contributed by atoms with Gasteiger partial charge < -0.3 is 5.11 Å². The monoisotopic (exact) mass is 362 g/mol. The summed E-state index contributed by atoms with van der Waals surface area (Å²) >= 11 is 7.71. The molecule has 0 radical (unpaired) electrons. The number of non-ortho nitro benzene ring substituents is 1. The van der Waals surface area contributed by atoms with E-state index < -0.39 is 4.92 Å². The van der Waals surface area contributed by atoms with E-state index in [-0.39, 0.29) is 10.7 Å². The molecule has 2 aromatic heterocycles. The van der Waals surface area contributed by atoms with Crippen LogP contribution in [0.5, 0.6) is 0 Å². The minimum absolute atomic E-state index is 0.0546. The first kappa shape index (κ1) is 15.7. The topological polar surface area (TPSA) is 76.3 Å². The summed E-state index contributed by atoms with van der Waals surface area (Å²) in [6.07, 6.45) is 0. The highest BCUT2D eigenvalue weighted by Gasteiger charge is 2.14. The summed E-state index contributed by atoms with van der Waals surface area (Å²) in [6.45, 7) is 1.95. The molecule has 0 fully saturated rings. The molecule has 0 saturated heterocycles. The summed E-state index contributed by atoms with van der Waals surface area (Å²) in [5.74, 6) is 0. The number of thiophene rings is 1. The molecule has 2 heterocycles. The normalized spacial score (nSPS) is 10.7. The minimum atomic E-state index is -0.426. The van der Waals surface area contributed by atoms with Crippen LogP contribution in [0.3, 0.4) is 0 Å². The first-order chi connectivity index (χ1) is 11.0. The molecule has 0 atom stereocenters. The lowest BCUT2D eigenvalue weighted by Crippen LogP contribution is -1.88. The van der Waals surface area contributed by atoms with Gasteiger partial charge >= 0.3 is 0 Å². The molecule has 23 heavy (non-hydrogen) atoms. The van der Waals surface area contributed by atoms with Gasteiger partial charge in [0.1, 0.15) is 5.01 Å². The average molecular weight is 362 g/mol. The zero-order valence-corrected chi connectivity index (χ0v) is 14.3. The number of aryl methyl sites for hydroxylation is 1. The number of nitro groups is 1.